The van der Waals surface area contributed by atoms with Crippen LogP contribution in [0.25, 0.3) is 0 Å². The Kier molecular flexibility index (Phi) is 2.56. The van der Waals surface area contributed by atoms with Gasteiger partial charge in [-0.1, -0.05) is 18.2 Å². The fourth-order valence-electron chi connectivity index (χ4n) is 3.11. The predicted octanol–water partition coefficient (Wildman–Crippen LogP) is 0.145. The van der Waals surface area contributed by atoms with E-state index < -0.39 is 23.1 Å². The van der Waals surface area contributed by atoms with Gasteiger partial charge in [-0.3, -0.25) is 14.4 Å². The summed E-state index contributed by atoms with van der Waals surface area (Å²) in [7, 11) is 1.49. The lowest BCUT2D eigenvalue weighted by Gasteiger charge is -2.26. The Morgan fingerprint density at radius 1 is 1.17 bits per heavy atom. The number of ketones is 2. The van der Waals surface area contributed by atoms with Gasteiger partial charge in [-0.15, -0.1) is 0 Å². The highest BCUT2D eigenvalue weighted by Gasteiger charge is 2.57. The van der Waals surface area contributed by atoms with Crippen LogP contribution in [0.5, 0.6) is 0 Å². The zero-order valence-corrected chi connectivity index (χ0v) is 12.0. The molecule has 0 saturated carbocycles. The molecular weight excluding hydrogens is 302 g/mol. The molecule has 7 heteroatoms. The molecule has 7 nitrogen and oxygen atoms in total. The summed E-state index contributed by atoms with van der Waals surface area (Å²) >= 11 is 0. The van der Waals surface area contributed by atoms with E-state index in [-0.39, 0.29) is 29.4 Å². The van der Waals surface area contributed by atoms with E-state index in [1.54, 1.807) is 18.2 Å². The summed E-state index contributed by atoms with van der Waals surface area (Å²) in [6.45, 7) is -0.188. The number of aliphatic hydroxyl groups is 1. The molecule has 3 aliphatic rings. The van der Waals surface area contributed by atoms with Crippen molar-refractivity contribution in [1.82, 2.24) is 0 Å². The molecule has 2 aliphatic heterocycles. The van der Waals surface area contributed by atoms with Crippen LogP contribution in [0.4, 0.5) is 5.69 Å². The van der Waals surface area contributed by atoms with E-state index in [1.807, 2.05) is 0 Å². The molecule has 0 spiro atoms. The van der Waals surface area contributed by atoms with Crippen molar-refractivity contribution < 1.29 is 29.0 Å². The van der Waals surface area contributed by atoms with E-state index in [1.165, 1.54) is 18.0 Å². The second-order valence-electron chi connectivity index (χ2n) is 5.40. The Labute approximate surface area is 130 Å². The molecule has 1 N–H and O–H groups in total. The molecule has 1 saturated heterocycles. The van der Waals surface area contributed by atoms with Gasteiger partial charge >= 0.3 is 0 Å². The van der Waals surface area contributed by atoms with Gasteiger partial charge in [0.15, 0.2) is 11.5 Å². The number of para-hydroxylation sites is 1. The van der Waals surface area contributed by atoms with E-state index in [2.05, 4.69) is 0 Å². The van der Waals surface area contributed by atoms with Gasteiger partial charge in [-0.25, -0.2) is 0 Å². The first-order chi connectivity index (χ1) is 11.0. The largest absolute Gasteiger partial charge is 0.453 e. The first-order valence-corrected chi connectivity index (χ1v) is 6.87. The number of hydrogen-bond donors (Lipinski definition) is 1. The highest BCUT2D eigenvalue weighted by Crippen LogP contribution is 2.47. The zero-order valence-electron chi connectivity index (χ0n) is 12.0. The molecule has 116 valence electrons. The minimum absolute atomic E-state index is 0.0536. The number of likely N-dealkylation sites (N-methyl/N-ethyl adjacent to an activating group) is 1. The minimum atomic E-state index is -2.28. The van der Waals surface area contributed by atoms with Gasteiger partial charge in [-0.05, 0) is 6.07 Å². The molecule has 1 fully saturated rings. The molecular formula is C16H11NO6. The van der Waals surface area contributed by atoms with Gasteiger partial charge in [0, 0.05) is 18.7 Å². The molecule has 4 rings (SSSR count). The van der Waals surface area contributed by atoms with Crippen molar-refractivity contribution in [3.8, 4) is 0 Å². The molecule has 1 aromatic carbocycles. The molecule has 23 heavy (non-hydrogen) atoms. The summed E-state index contributed by atoms with van der Waals surface area (Å²) < 4.78 is 10.4. The maximum absolute atomic E-state index is 12.7. The first kappa shape index (κ1) is 13.7. The van der Waals surface area contributed by atoms with Crippen LogP contribution in [0.1, 0.15) is 5.56 Å². The lowest BCUT2D eigenvalue weighted by Crippen LogP contribution is -2.45. The number of carbonyl (C=O) groups is 3. The number of ether oxygens (including phenoxy) is 2. The molecule has 2 heterocycles. The number of allylic oxidation sites excluding steroid dienone is 1. The number of nitrogens with zero attached hydrogens (tertiary/aromatic N) is 1. The number of fused-ring (bicyclic) bond motifs is 2. The molecule has 1 aliphatic carbocycles. The van der Waals surface area contributed by atoms with E-state index >= 15 is 0 Å². The summed E-state index contributed by atoms with van der Waals surface area (Å²) in [6, 6.07) is 6.53. The Morgan fingerprint density at radius 3 is 2.70 bits per heavy atom. The molecule has 1 amide bonds. The van der Waals surface area contributed by atoms with Crippen molar-refractivity contribution in [2.24, 2.45) is 0 Å². The Hall–Kier alpha value is -2.93. The summed E-state index contributed by atoms with van der Waals surface area (Å²) in [5.41, 5.74) is -1.98. The zero-order chi connectivity index (χ0) is 16.4. The molecule has 0 bridgehead atoms. The molecule has 1 aromatic rings. The van der Waals surface area contributed by atoms with Gasteiger partial charge in [0.1, 0.15) is 0 Å². The van der Waals surface area contributed by atoms with E-state index in [9.17, 15) is 19.5 Å². The van der Waals surface area contributed by atoms with Crippen LogP contribution in [0.2, 0.25) is 0 Å². The fourth-order valence-corrected chi connectivity index (χ4v) is 3.11. The number of amides is 1. The van der Waals surface area contributed by atoms with E-state index in [0.29, 0.717) is 5.69 Å². The van der Waals surface area contributed by atoms with Crippen molar-refractivity contribution in [1.29, 1.82) is 0 Å². The summed E-state index contributed by atoms with van der Waals surface area (Å²) in [6.07, 6.45) is 1.01. The standard InChI is InChI=1S/C16H11NO6/c1-17-9-5-3-2-4-8(9)16(21,15(17)20)12-13(19)10(18)6-11-14(12)23-7-22-11/h2-6,21H,7H2,1H3/t16-/m1/s1. The minimum Gasteiger partial charge on any atom is -0.453 e. The smallest absolute Gasteiger partial charge is 0.268 e. The van der Waals surface area contributed by atoms with Gasteiger partial charge in [0.2, 0.25) is 24.0 Å². The SMILES string of the molecule is CN1C(=O)[C@](O)(C2=C3OCOC3=CC(=O)C2=O)c2ccccc21. The number of rotatable bonds is 1. The number of benzene rings is 1. The van der Waals surface area contributed by atoms with Crippen LogP contribution in [-0.4, -0.2) is 36.4 Å². The lowest BCUT2D eigenvalue weighted by atomic mass is 9.80. The van der Waals surface area contributed by atoms with Crippen LogP contribution in [-0.2, 0) is 29.5 Å². The molecule has 1 atom stereocenters. The van der Waals surface area contributed by atoms with E-state index in [0.717, 1.165) is 6.08 Å². The number of anilines is 1. The summed E-state index contributed by atoms with van der Waals surface area (Å²) in [5.74, 6) is -2.57. The average Bonchev–Trinajstić information content (AvgIpc) is 3.07. The van der Waals surface area contributed by atoms with Crippen LogP contribution in [0, 0.1) is 0 Å². The van der Waals surface area contributed by atoms with Crippen LogP contribution >= 0.6 is 0 Å². The van der Waals surface area contributed by atoms with Crippen LogP contribution < -0.4 is 4.90 Å². The Morgan fingerprint density at radius 2 is 1.91 bits per heavy atom. The predicted molar refractivity (Wildman–Crippen MR) is 75.9 cm³/mol. The Bertz CT molecular complexity index is 852. The molecule has 0 radical (unpaired) electrons. The lowest BCUT2D eigenvalue weighted by molar-refractivity contribution is -0.138. The summed E-state index contributed by atoms with van der Waals surface area (Å²) in [4.78, 5) is 38.2. The average molecular weight is 313 g/mol. The first-order valence-electron chi connectivity index (χ1n) is 6.87. The quantitative estimate of drug-likeness (QED) is 0.586. The highest BCUT2D eigenvalue weighted by molar-refractivity contribution is 6.50. The van der Waals surface area contributed by atoms with Crippen molar-refractivity contribution >= 4 is 23.2 Å². The Balaban J connectivity index is 2.03. The van der Waals surface area contributed by atoms with Gasteiger partial charge < -0.3 is 19.5 Å². The van der Waals surface area contributed by atoms with Gasteiger partial charge in [0.05, 0.1) is 11.3 Å². The van der Waals surface area contributed by atoms with Gasteiger partial charge in [0.25, 0.3) is 5.91 Å². The highest BCUT2D eigenvalue weighted by atomic mass is 16.7. The third kappa shape index (κ3) is 1.54. The summed E-state index contributed by atoms with van der Waals surface area (Å²) in [5, 5.41) is 11.2. The van der Waals surface area contributed by atoms with Crippen molar-refractivity contribution in [2.75, 3.05) is 18.7 Å². The van der Waals surface area contributed by atoms with E-state index in [4.69, 9.17) is 9.47 Å². The van der Waals surface area contributed by atoms with Gasteiger partial charge in [-0.2, -0.15) is 0 Å². The van der Waals surface area contributed by atoms with Crippen molar-refractivity contribution in [3.05, 3.63) is 53.0 Å². The molecule has 0 aromatic heterocycles. The van der Waals surface area contributed by atoms with Crippen LogP contribution in [0.3, 0.4) is 0 Å². The normalized spacial score (nSPS) is 25.9. The molecule has 0 unspecified atom stereocenters. The second kappa shape index (κ2) is 4.30. The van der Waals surface area contributed by atoms with Crippen molar-refractivity contribution in [3.63, 3.8) is 0 Å². The maximum Gasteiger partial charge on any atom is 0.268 e. The monoisotopic (exact) mass is 313 g/mol. The van der Waals surface area contributed by atoms with Crippen LogP contribution in [0.15, 0.2) is 47.4 Å². The number of Topliss-reactive ketones (excluding diaryl/α,β-unsaturated/α-hetero) is 1. The second-order valence-corrected chi connectivity index (χ2v) is 5.40. The fraction of sp³-hybridized carbons (Fsp3) is 0.188. The number of hydrogen-bond acceptors (Lipinski definition) is 6. The number of carbonyl (C=O) groups excluding carboxylic acids is 3. The third-order valence-corrected chi connectivity index (χ3v) is 4.21. The van der Waals surface area contributed by atoms with Crippen molar-refractivity contribution in [2.45, 2.75) is 5.60 Å². The maximum atomic E-state index is 12.7. The third-order valence-electron chi connectivity index (χ3n) is 4.21. The topological polar surface area (TPSA) is 93.1 Å².